The van der Waals surface area contributed by atoms with Gasteiger partial charge >= 0.3 is 18.0 Å². The number of ether oxygens (including phenoxy) is 2. The van der Waals surface area contributed by atoms with Crippen LogP contribution in [-0.4, -0.2) is 91.3 Å². The van der Waals surface area contributed by atoms with Crippen LogP contribution in [0.15, 0.2) is 83.0 Å². The normalized spacial score (nSPS) is 21.8. The first-order chi connectivity index (χ1) is 22.1. The number of aliphatic carboxylic acids is 1. The lowest BCUT2D eigenvalue weighted by atomic mass is 9.93. The zero-order valence-corrected chi connectivity index (χ0v) is 27.8. The SMILES string of the molecule is CC/C=C/[C@@H](OC(N)=O)[C@@H](Cl)[C@H](O)CC(=O)[C@@H](O)[C@H](O)[C@H](C)/C(Cl)=C/C=C/C=C(C)/C=C/C=C/C(=O)O[C@@H]1CC(C(=O)O)=CC[C@@H]1O. The van der Waals surface area contributed by atoms with Crippen molar-refractivity contribution in [1.29, 1.82) is 0 Å². The summed E-state index contributed by atoms with van der Waals surface area (Å²) in [6.07, 6.45) is 7.49. The molecule has 0 aromatic rings. The molecule has 0 heterocycles. The smallest absolute Gasteiger partial charge is 0.405 e. The lowest BCUT2D eigenvalue weighted by Crippen LogP contribution is -2.43. The maximum absolute atomic E-state index is 12.6. The number of amides is 1. The molecular weight excluding hydrogens is 657 g/mol. The second-order valence-electron chi connectivity index (χ2n) is 10.7. The van der Waals surface area contributed by atoms with Gasteiger partial charge in [0, 0.05) is 35.4 Å². The number of carbonyl (C=O) groups excluding carboxylic acids is 3. The minimum Gasteiger partial charge on any atom is -0.478 e. The Morgan fingerprint density at radius 2 is 1.72 bits per heavy atom. The van der Waals surface area contributed by atoms with Gasteiger partial charge in [-0.2, -0.15) is 0 Å². The average Bonchev–Trinajstić information content (AvgIpc) is 3.02. The Morgan fingerprint density at radius 1 is 1.09 bits per heavy atom. The average molecular weight is 701 g/mol. The van der Waals surface area contributed by atoms with Crippen LogP contribution in [0.2, 0.25) is 0 Å². The minimum atomic E-state index is -1.89. The Hall–Kier alpha value is -3.52. The number of nitrogens with two attached hydrogens (primary N) is 1. The number of rotatable bonds is 18. The zero-order valence-electron chi connectivity index (χ0n) is 26.3. The third-order valence-electron chi connectivity index (χ3n) is 6.93. The van der Waals surface area contributed by atoms with Crippen LogP contribution < -0.4 is 5.73 Å². The van der Waals surface area contributed by atoms with Crippen molar-refractivity contribution < 1.29 is 54.2 Å². The summed E-state index contributed by atoms with van der Waals surface area (Å²) in [5.41, 5.74) is 5.90. The zero-order chi connectivity index (χ0) is 35.7. The van der Waals surface area contributed by atoms with E-state index in [1.165, 1.54) is 31.2 Å². The summed E-state index contributed by atoms with van der Waals surface area (Å²) in [6, 6.07) is 0. The van der Waals surface area contributed by atoms with Gasteiger partial charge in [-0.25, -0.2) is 14.4 Å². The fourth-order valence-electron chi connectivity index (χ4n) is 4.14. The molecule has 7 N–H and O–H groups in total. The maximum Gasteiger partial charge on any atom is 0.405 e. The molecule has 1 aliphatic rings. The maximum atomic E-state index is 12.6. The van der Waals surface area contributed by atoms with E-state index in [1.807, 2.05) is 6.92 Å². The van der Waals surface area contributed by atoms with Gasteiger partial charge in [0.15, 0.2) is 5.78 Å². The van der Waals surface area contributed by atoms with E-state index in [-0.39, 0.29) is 23.4 Å². The molecule has 260 valence electrons. The monoisotopic (exact) mass is 699 g/mol. The van der Waals surface area contributed by atoms with E-state index in [0.29, 0.717) is 6.42 Å². The quantitative estimate of drug-likeness (QED) is 0.0400. The molecular formula is C33H43Cl2NO11. The van der Waals surface area contributed by atoms with Crippen molar-refractivity contribution in [3.05, 3.63) is 83.0 Å². The number of ketones is 1. The van der Waals surface area contributed by atoms with Gasteiger partial charge in [-0.1, -0.05) is 79.6 Å². The predicted octanol–water partition coefficient (Wildman–Crippen LogP) is 3.52. The number of aliphatic hydroxyl groups excluding tert-OH is 4. The van der Waals surface area contributed by atoms with Crippen molar-refractivity contribution in [1.82, 2.24) is 0 Å². The summed E-state index contributed by atoms with van der Waals surface area (Å²) in [5.74, 6) is -3.61. The van der Waals surface area contributed by atoms with Crippen LogP contribution in [0.1, 0.15) is 46.5 Å². The first kappa shape index (κ1) is 41.5. The van der Waals surface area contributed by atoms with Crippen molar-refractivity contribution in [2.24, 2.45) is 11.7 Å². The van der Waals surface area contributed by atoms with E-state index in [4.69, 9.17) is 43.5 Å². The Kier molecular flexibility index (Phi) is 18.9. The predicted molar refractivity (Wildman–Crippen MR) is 176 cm³/mol. The number of primary amides is 1. The number of allylic oxidation sites excluding steroid dienone is 9. The second-order valence-corrected chi connectivity index (χ2v) is 11.7. The van der Waals surface area contributed by atoms with Gasteiger partial charge in [-0.3, -0.25) is 4.79 Å². The van der Waals surface area contributed by atoms with Gasteiger partial charge in [0.05, 0.1) is 18.3 Å². The summed E-state index contributed by atoms with van der Waals surface area (Å²) < 4.78 is 10.0. The molecule has 1 amide bonds. The van der Waals surface area contributed by atoms with Crippen LogP contribution in [0.4, 0.5) is 4.79 Å². The summed E-state index contributed by atoms with van der Waals surface area (Å²) in [5, 5.41) is 49.3. The fourth-order valence-corrected chi connectivity index (χ4v) is 4.56. The van der Waals surface area contributed by atoms with Crippen molar-refractivity contribution in [2.45, 2.75) is 88.5 Å². The highest BCUT2D eigenvalue weighted by Gasteiger charge is 2.35. The van der Waals surface area contributed by atoms with Crippen LogP contribution in [0.25, 0.3) is 0 Å². The number of hydrogen-bond donors (Lipinski definition) is 6. The Bertz CT molecular complexity index is 1300. The van der Waals surface area contributed by atoms with Gasteiger partial charge in [0.25, 0.3) is 0 Å². The van der Waals surface area contributed by atoms with Crippen molar-refractivity contribution in [3.8, 4) is 0 Å². The van der Waals surface area contributed by atoms with Crippen LogP contribution >= 0.6 is 23.2 Å². The molecule has 0 fully saturated rings. The minimum absolute atomic E-state index is 0.0805. The van der Waals surface area contributed by atoms with Crippen LogP contribution in [0.5, 0.6) is 0 Å². The highest BCUT2D eigenvalue weighted by Crippen LogP contribution is 2.24. The molecule has 0 spiro atoms. The number of halogens is 2. The molecule has 1 aliphatic carbocycles. The first-order valence-corrected chi connectivity index (χ1v) is 15.6. The van der Waals surface area contributed by atoms with Gasteiger partial charge < -0.3 is 40.7 Å². The largest absolute Gasteiger partial charge is 0.478 e. The number of Topliss-reactive ketones (excluding diaryl/α,β-unsaturated/α-hetero) is 1. The first-order valence-electron chi connectivity index (χ1n) is 14.8. The van der Waals surface area contributed by atoms with Crippen molar-refractivity contribution in [2.75, 3.05) is 0 Å². The highest BCUT2D eigenvalue weighted by molar-refractivity contribution is 6.30. The molecule has 0 aliphatic heterocycles. The Labute approximate surface area is 283 Å². The molecule has 0 saturated heterocycles. The van der Waals surface area contributed by atoms with Gasteiger partial charge in [0.2, 0.25) is 0 Å². The molecule has 0 saturated carbocycles. The molecule has 8 atom stereocenters. The third-order valence-corrected chi connectivity index (χ3v) is 7.94. The van der Waals surface area contributed by atoms with E-state index in [2.05, 4.69) is 0 Å². The van der Waals surface area contributed by atoms with Crippen molar-refractivity contribution in [3.63, 3.8) is 0 Å². The highest BCUT2D eigenvalue weighted by atomic mass is 35.5. The standard InChI is InChI=1S/C33H43Cl2NO11/c1-4-5-13-26(47-33(36)45)29(35)24(38)18-25(39)31(42)30(41)20(3)22(34)12-8-6-10-19(2)11-7-9-14-28(40)46-27-17-21(32(43)44)15-16-23(27)37/h5-15,20,23-24,26-27,29-31,37-38,41-42H,4,16-18H2,1-3H3,(H2,36,45)(H,43,44)/b8-6+,11-7+,13-5+,14-9+,19-10+,22-12-/t20-,23+,24-,26-,27-,29+,30-,31-/m1/s1. The summed E-state index contributed by atoms with van der Waals surface area (Å²) in [6.45, 7) is 5.11. The van der Waals surface area contributed by atoms with Gasteiger partial charge in [0.1, 0.15) is 23.7 Å². The number of esters is 1. The molecule has 0 radical (unpaired) electrons. The number of carboxylic acids is 1. The molecule has 12 nitrogen and oxygen atoms in total. The molecule has 0 unspecified atom stereocenters. The Balaban J connectivity index is 2.66. The van der Waals surface area contributed by atoms with Gasteiger partial charge in [-0.15, -0.1) is 11.6 Å². The van der Waals surface area contributed by atoms with Crippen LogP contribution in [0.3, 0.4) is 0 Å². The number of aliphatic hydroxyl groups is 4. The number of carbonyl (C=O) groups is 4. The summed E-state index contributed by atoms with van der Waals surface area (Å²) in [7, 11) is 0. The van der Waals surface area contributed by atoms with Crippen LogP contribution in [0, 0.1) is 5.92 Å². The number of hydrogen-bond acceptors (Lipinski definition) is 10. The Morgan fingerprint density at radius 3 is 2.34 bits per heavy atom. The third kappa shape index (κ3) is 15.3. The molecule has 0 aromatic heterocycles. The van der Waals surface area contributed by atoms with Gasteiger partial charge in [-0.05, 0) is 31.9 Å². The second kappa shape index (κ2) is 21.4. The van der Waals surface area contributed by atoms with E-state index in [9.17, 15) is 39.6 Å². The summed E-state index contributed by atoms with van der Waals surface area (Å²) >= 11 is 12.5. The fraction of sp³-hybridized carbons (Fsp3) is 0.455. The summed E-state index contributed by atoms with van der Waals surface area (Å²) in [4.78, 5) is 46.9. The molecule has 47 heavy (non-hydrogen) atoms. The van der Waals surface area contributed by atoms with E-state index < -0.39 is 78.2 Å². The molecule has 0 bridgehead atoms. The molecule has 14 heteroatoms. The molecule has 0 aromatic carbocycles. The van der Waals surface area contributed by atoms with Crippen molar-refractivity contribution >= 4 is 47.0 Å². The lowest BCUT2D eigenvalue weighted by molar-refractivity contribution is -0.150. The van der Waals surface area contributed by atoms with E-state index in [0.717, 1.165) is 11.6 Å². The number of carboxylic acid groups (broad SMARTS) is 1. The van der Waals surface area contributed by atoms with E-state index in [1.54, 1.807) is 43.4 Å². The number of alkyl halides is 1. The molecule has 1 rings (SSSR count). The van der Waals surface area contributed by atoms with E-state index >= 15 is 0 Å². The lowest BCUT2D eigenvalue weighted by Gasteiger charge is -2.26. The van der Waals surface area contributed by atoms with Crippen LogP contribution in [-0.2, 0) is 23.9 Å². The topological polar surface area (TPSA) is 214 Å².